The molecule has 1 aliphatic rings. The van der Waals surface area contributed by atoms with E-state index in [1.54, 1.807) is 12.1 Å². The number of carbonyl (C=O) groups excluding carboxylic acids is 1. The number of carbonyl (C=O) groups is 1. The number of aromatic nitrogens is 1. The summed E-state index contributed by atoms with van der Waals surface area (Å²) in [6.07, 6.45) is 5.87. The number of hydrogen-bond acceptors (Lipinski definition) is 2. The molecule has 1 N–H and O–H groups in total. The maximum Gasteiger partial charge on any atom is 0.227 e. The van der Waals surface area contributed by atoms with Crippen molar-refractivity contribution in [3.63, 3.8) is 0 Å². The second-order valence-corrected chi connectivity index (χ2v) is 7.82. The number of para-hydroxylation sites is 1. The molecule has 3 nitrogen and oxygen atoms in total. The molecule has 0 saturated heterocycles. The zero-order chi connectivity index (χ0) is 19.5. The van der Waals surface area contributed by atoms with E-state index >= 15 is 0 Å². The molecule has 0 aliphatic heterocycles. The van der Waals surface area contributed by atoms with Crippen molar-refractivity contribution in [2.75, 3.05) is 5.32 Å². The minimum Gasteiger partial charge on any atom is -0.326 e. The first-order valence-corrected chi connectivity index (χ1v) is 10.0. The van der Waals surface area contributed by atoms with Crippen molar-refractivity contribution in [1.29, 1.82) is 0 Å². The van der Waals surface area contributed by atoms with Crippen LogP contribution in [0.25, 0.3) is 10.9 Å². The second-order valence-electron chi connectivity index (χ2n) is 7.82. The second kappa shape index (κ2) is 8.09. The lowest BCUT2D eigenvalue weighted by Gasteiger charge is -2.32. The van der Waals surface area contributed by atoms with Gasteiger partial charge in [-0.1, -0.05) is 25.1 Å². The maximum atomic E-state index is 13.7. The largest absolute Gasteiger partial charge is 0.326 e. The average molecular weight is 376 g/mol. The van der Waals surface area contributed by atoms with Crippen LogP contribution in [0.15, 0.2) is 60.8 Å². The molecule has 3 aromatic rings. The van der Waals surface area contributed by atoms with E-state index in [0.29, 0.717) is 11.8 Å². The Morgan fingerprint density at radius 1 is 1.07 bits per heavy atom. The molecule has 2 aromatic carbocycles. The molecule has 1 aromatic heterocycles. The van der Waals surface area contributed by atoms with Crippen molar-refractivity contribution in [3.8, 4) is 0 Å². The number of benzene rings is 2. The molecule has 144 valence electrons. The summed E-state index contributed by atoms with van der Waals surface area (Å²) in [6, 6.07) is 16.4. The monoisotopic (exact) mass is 376 g/mol. The van der Waals surface area contributed by atoms with E-state index in [1.165, 1.54) is 11.6 Å². The van der Waals surface area contributed by atoms with E-state index in [0.717, 1.165) is 42.3 Å². The smallest absolute Gasteiger partial charge is 0.227 e. The van der Waals surface area contributed by atoms with Crippen LogP contribution >= 0.6 is 0 Å². The number of amides is 1. The molecule has 4 rings (SSSR count). The summed E-state index contributed by atoms with van der Waals surface area (Å²) >= 11 is 0. The molecule has 0 spiro atoms. The van der Waals surface area contributed by atoms with Crippen molar-refractivity contribution < 1.29 is 9.18 Å². The minimum absolute atomic E-state index is 0.0206. The summed E-state index contributed by atoms with van der Waals surface area (Å²) in [4.78, 5) is 17.0. The molecular weight excluding hydrogens is 351 g/mol. The van der Waals surface area contributed by atoms with Crippen LogP contribution in [0.2, 0.25) is 0 Å². The zero-order valence-electron chi connectivity index (χ0n) is 16.1. The van der Waals surface area contributed by atoms with Crippen molar-refractivity contribution >= 4 is 22.5 Å². The van der Waals surface area contributed by atoms with Gasteiger partial charge in [0.25, 0.3) is 0 Å². The summed E-state index contributed by atoms with van der Waals surface area (Å²) in [5.74, 6) is 0.623. The van der Waals surface area contributed by atoms with E-state index < -0.39 is 0 Å². The quantitative estimate of drug-likeness (QED) is 0.614. The SMILES string of the molecule is CC(C(=O)Nc1ccccc1)C1CCC(c2ccnc3ccc(F)cc23)CC1. The first-order valence-electron chi connectivity index (χ1n) is 10.0. The van der Waals surface area contributed by atoms with Crippen LogP contribution < -0.4 is 5.32 Å². The minimum atomic E-state index is -0.221. The van der Waals surface area contributed by atoms with Crippen molar-refractivity contribution in [2.45, 2.75) is 38.5 Å². The predicted octanol–water partition coefficient (Wildman–Crippen LogP) is 5.92. The van der Waals surface area contributed by atoms with Gasteiger partial charge in [-0.25, -0.2) is 4.39 Å². The standard InChI is InChI=1S/C24H25FN2O/c1-16(24(28)27-20-5-3-2-4-6-20)17-7-9-18(10-8-17)21-13-14-26-23-12-11-19(25)15-22(21)23/h2-6,11-18H,7-10H2,1H3,(H,27,28). The van der Waals surface area contributed by atoms with Crippen LogP contribution in [0.4, 0.5) is 10.1 Å². The van der Waals surface area contributed by atoms with Gasteiger partial charge in [0.05, 0.1) is 5.52 Å². The van der Waals surface area contributed by atoms with Gasteiger partial charge in [-0.05, 0) is 79.5 Å². The van der Waals surface area contributed by atoms with E-state index in [-0.39, 0.29) is 17.6 Å². The number of pyridine rings is 1. The highest BCUT2D eigenvalue weighted by Gasteiger charge is 2.30. The third-order valence-corrected chi connectivity index (χ3v) is 6.11. The van der Waals surface area contributed by atoms with Gasteiger partial charge in [0.2, 0.25) is 5.91 Å². The lowest BCUT2D eigenvalue weighted by molar-refractivity contribution is -0.121. The number of nitrogens with one attached hydrogen (secondary N) is 1. The number of fused-ring (bicyclic) bond motifs is 1. The first kappa shape index (κ1) is 18.6. The summed E-state index contributed by atoms with van der Waals surface area (Å²) in [5.41, 5.74) is 2.87. The van der Waals surface area contributed by atoms with Gasteiger partial charge >= 0.3 is 0 Å². The predicted molar refractivity (Wildman–Crippen MR) is 111 cm³/mol. The fraction of sp³-hybridized carbons (Fsp3) is 0.333. The molecule has 1 saturated carbocycles. The molecule has 4 heteroatoms. The summed E-state index contributed by atoms with van der Waals surface area (Å²) in [7, 11) is 0. The Hall–Kier alpha value is -2.75. The van der Waals surface area contributed by atoms with Crippen LogP contribution in [0, 0.1) is 17.7 Å². The molecular formula is C24H25FN2O. The molecule has 1 amide bonds. The van der Waals surface area contributed by atoms with Crippen LogP contribution in [0.5, 0.6) is 0 Å². The molecule has 1 unspecified atom stereocenters. The molecule has 1 atom stereocenters. The van der Waals surface area contributed by atoms with Crippen LogP contribution in [0.3, 0.4) is 0 Å². The third kappa shape index (κ3) is 3.91. The Kier molecular flexibility index (Phi) is 5.38. The lowest BCUT2D eigenvalue weighted by Crippen LogP contribution is -2.29. The molecule has 28 heavy (non-hydrogen) atoms. The van der Waals surface area contributed by atoms with Crippen LogP contribution in [-0.2, 0) is 4.79 Å². The Morgan fingerprint density at radius 2 is 1.82 bits per heavy atom. The van der Waals surface area contributed by atoms with Crippen molar-refractivity contribution in [2.24, 2.45) is 11.8 Å². The van der Waals surface area contributed by atoms with Crippen molar-refractivity contribution in [1.82, 2.24) is 4.98 Å². The normalized spacial score (nSPS) is 20.6. The Bertz CT molecular complexity index is 965. The highest BCUT2D eigenvalue weighted by Crippen LogP contribution is 2.40. The topological polar surface area (TPSA) is 42.0 Å². The van der Waals surface area contributed by atoms with Gasteiger partial charge < -0.3 is 5.32 Å². The molecule has 1 aliphatic carbocycles. The van der Waals surface area contributed by atoms with Gasteiger partial charge in [0, 0.05) is 23.2 Å². The third-order valence-electron chi connectivity index (χ3n) is 6.11. The summed E-state index contributed by atoms with van der Waals surface area (Å²) in [6.45, 7) is 2.03. The van der Waals surface area contributed by atoms with Gasteiger partial charge in [0.1, 0.15) is 5.82 Å². The van der Waals surface area contributed by atoms with Crippen molar-refractivity contribution in [3.05, 3.63) is 72.2 Å². The van der Waals surface area contributed by atoms with E-state index in [1.807, 2.05) is 49.5 Å². The van der Waals surface area contributed by atoms with E-state index in [4.69, 9.17) is 0 Å². The fourth-order valence-corrected chi connectivity index (χ4v) is 4.42. The highest BCUT2D eigenvalue weighted by molar-refractivity contribution is 5.92. The molecule has 1 heterocycles. The average Bonchev–Trinajstić information content (AvgIpc) is 2.73. The number of rotatable bonds is 4. The first-order chi connectivity index (χ1) is 13.6. The highest BCUT2D eigenvalue weighted by atomic mass is 19.1. The number of halogens is 1. The van der Waals surface area contributed by atoms with Gasteiger partial charge in [-0.2, -0.15) is 0 Å². The van der Waals surface area contributed by atoms with Crippen LogP contribution in [0.1, 0.15) is 44.1 Å². The fourth-order valence-electron chi connectivity index (χ4n) is 4.42. The Morgan fingerprint density at radius 3 is 2.57 bits per heavy atom. The number of nitrogens with zero attached hydrogens (tertiary/aromatic N) is 1. The number of anilines is 1. The number of hydrogen-bond donors (Lipinski definition) is 1. The Labute approximate surface area is 165 Å². The van der Waals surface area contributed by atoms with E-state index in [2.05, 4.69) is 10.3 Å². The van der Waals surface area contributed by atoms with Crippen LogP contribution in [-0.4, -0.2) is 10.9 Å². The van der Waals surface area contributed by atoms with Gasteiger partial charge in [0.15, 0.2) is 0 Å². The molecule has 1 fully saturated rings. The van der Waals surface area contributed by atoms with Gasteiger partial charge in [-0.3, -0.25) is 9.78 Å². The zero-order valence-corrected chi connectivity index (χ0v) is 16.1. The molecule has 0 radical (unpaired) electrons. The Balaban J connectivity index is 1.42. The van der Waals surface area contributed by atoms with E-state index in [9.17, 15) is 9.18 Å². The molecule has 0 bridgehead atoms. The lowest BCUT2D eigenvalue weighted by atomic mass is 9.73. The summed E-state index contributed by atoms with van der Waals surface area (Å²) < 4.78 is 13.7. The van der Waals surface area contributed by atoms with Gasteiger partial charge in [-0.15, -0.1) is 0 Å². The maximum absolute atomic E-state index is 13.7. The summed E-state index contributed by atoms with van der Waals surface area (Å²) in [5, 5.41) is 3.94.